The maximum atomic E-state index is 13.1. The number of nitrogens with one attached hydrogen (secondary N) is 1. The van der Waals surface area contributed by atoms with Crippen LogP contribution in [0.3, 0.4) is 0 Å². The van der Waals surface area contributed by atoms with Gasteiger partial charge in [-0.1, -0.05) is 32.9 Å². The molecule has 1 aromatic heterocycles. The van der Waals surface area contributed by atoms with Crippen molar-refractivity contribution in [3.8, 4) is 0 Å². The van der Waals surface area contributed by atoms with E-state index in [0.29, 0.717) is 31.6 Å². The molecular weight excluding hydrogens is 450 g/mol. The quantitative estimate of drug-likeness (QED) is 0.626. The number of rotatable bonds is 5. The van der Waals surface area contributed by atoms with Crippen LogP contribution in [0.4, 0.5) is 4.79 Å². The molecule has 10 heteroatoms. The molecule has 2 saturated heterocycles. The highest BCUT2D eigenvalue weighted by Crippen LogP contribution is 2.29. The van der Waals surface area contributed by atoms with Crippen molar-refractivity contribution in [2.24, 2.45) is 12.5 Å². The second-order valence-corrected chi connectivity index (χ2v) is 10.7. The number of hydrogen-bond donors (Lipinski definition) is 2. The van der Waals surface area contributed by atoms with Gasteiger partial charge in [0.25, 0.3) is 0 Å². The van der Waals surface area contributed by atoms with E-state index in [1.807, 2.05) is 18.2 Å². The van der Waals surface area contributed by atoms with Crippen molar-refractivity contribution in [2.45, 2.75) is 58.5 Å². The van der Waals surface area contributed by atoms with Gasteiger partial charge in [0.2, 0.25) is 11.8 Å². The number of imidazole rings is 1. The maximum absolute atomic E-state index is 13.1. The summed E-state index contributed by atoms with van der Waals surface area (Å²) in [6.45, 7) is 8.95. The second-order valence-electron chi connectivity index (χ2n) is 10.7. The molecule has 0 bridgehead atoms. The van der Waals surface area contributed by atoms with Crippen LogP contribution >= 0.6 is 0 Å². The van der Waals surface area contributed by atoms with Crippen LogP contribution in [0.2, 0.25) is 0 Å². The summed E-state index contributed by atoms with van der Waals surface area (Å²) in [5, 5.41) is 11.8. The normalized spacial score (nSPS) is 22.0. The van der Waals surface area contributed by atoms with Crippen LogP contribution < -0.4 is 11.0 Å². The zero-order chi connectivity index (χ0) is 25.5. The van der Waals surface area contributed by atoms with Crippen molar-refractivity contribution < 1.29 is 19.5 Å². The Morgan fingerprint density at radius 1 is 1.17 bits per heavy atom. The fourth-order valence-corrected chi connectivity index (χ4v) is 5.51. The molecule has 3 heterocycles. The van der Waals surface area contributed by atoms with Crippen LogP contribution in [-0.2, 0) is 23.1 Å². The number of aromatic nitrogens is 2. The van der Waals surface area contributed by atoms with Gasteiger partial charge in [0.15, 0.2) is 0 Å². The number of para-hydroxylation sites is 1. The van der Waals surface area contributed by atoms with Crippen molar-refractivity contribution in [1.29, 1.82) is 0 Å². The molecule has 2 fully saturated rings. The van der Waals surface area contributed by atoms with Crippen LogP contribution in [0.5, 0.6) is 0 Å². The Labute approximate surface area is 204 Å². The van der Waals surface area contributed by atoms with Gasteiger partial charge in [0.05, 0.1) is 11.0 Å². The minimum atomic E-state index is -0.868. The van der Waals surface area contributed by atoms with Crippen molar-refractivity contribution in [3.63, 3.8) is 0 Å². The number of carboxylic acid groups (broad SMARTS) is 1. The SMILES string of the molecule is Cn1c(=O)n(C2CCC(=O)NC2=O)c2cccc(CCCN3CCN(C(=O)O)CC3C(C)(C)C)c21. The largest absolute Gasteiger partial charge is 0.465 e. The molecule has 0 spiro atoms. The van der Waals surface area contributed by atoms with Gasteiger partial charge in [-0.15, -0.1) is 0 Å². The summed E-state index contributed by atoms with van der Waals surface area (Å²) in [4.78, 5) is 52.6. The highest BCUT2D eigenvalue weighted by atomic mass is 16.4. The number of hydrogen-bond acceptors (Lipinski definition) is 5. The number of aryl methyl sites for hydroxylation is 2. The number of benzene rings is 1. The smallest absolute Gasteiger partial charge is 0.407 e. The molecule has 35 heavy (non-hydrogen) atoms. The van der Waals surface area contributed by atoms with E-state index >= 15 is 0 Å². The van der Waals surface area contributed by atoms with Crippen molar-refractivity contribution in [2.75, 3.05) is 26.2 Å². The zero-order valence-corrected chi connectivity index (χ0v) is 20.9. The molecule has 190 valence electrons. The number of piperidine rings is 1. The number of carbonyl (C=O) groups is 3. The van der Waals surface area contributed by atoms with Gasteiger partial charge in [-0.2, -0.15) is 0 Å². The van der Waals surface area contributed by atoms with Gasteiger partial charge < -0.3 is 10.0 Å². The molecule has 2 atom stereocenters. The predicted octanol–water partition coefficient (Wildman–Crippen LogP) is 1.96. The Hall–Kier alpha value is -3.14. The molecule has 3 amide bonds. The van der Waals surface area contributed by atoms with Gasteiger partial charge in [-0.05, 0) is 42.9 Å². The first kappa shape index (κ1) is 25.0. The molecular formula is C25H35N5O5. The van der Waals surface area contributed by atoms with Crippen LogP contribution in [0, 0.1) is 5.41 Å². The van der Waals surface area contributed by atoms with Gasteiger partial charge in [0.1, 0.15) is 6.04 Å². The minimum absolute atomic E-state index is 0.0583. The summed E-state index contributed by atoms with van der Waals surface area (Å²) >= 11 is 0. The van der Waals surface area contributed by atoms with E-state index in [2.05, 4.69) is 31.0 Å². The van der Waals surface area contributed by atoms with E-state index in [1.165, 1.54) is 9.47 Å². The second kappa shape index (κ2) is 9.49. The Kier molecular flexibility index (Phi) is 6.77. The lowest BCUT2D eigenvalue weighted by atomic mass is 9.84. The van der Waals surface area contributed by atoms with Crippen LogP contribution in [0.15, 0.2) is 23.0 Å². The summed E-state index contributed by atoms with van der Waals surface area (Å²) in [5.74, 6) is -0.743. The third kappa shape index (κ3) is 4.84. The van der Waals surface area contributed by atoms with Gasteiger partial charge >= 0.3 is 11.8 Å². The van der Waals surface area contributed by atoms with Gasteiger partial charge in [0, 0.05) is 39.1 Å². The molecule has 4 rings (SSSR count). The molecule has 1 aromatic carbocycles. The van der Waals surface area contributed by atoms with E-state index in [1.54, 1.807) is 11.6 Å². The first-order chi connectivity index (χ1) is 16.5. The van der Waals surface area contributed by atoms with Crippen LogP contribution in [0.1, 0.15) is 51.6 Å². The zero-order valence-electron chi connectivity index (χ0n) is 20.9. The molecule has 0 saturated carbocycles. The average molecular weight is 486 g/mol. The lowest BCUT2D eigenvalue weighted by molar-refractivity contribution is -0.135. The summed E-state index contributed by atoms with van der Waals surface area (Å²) in [5.41, 5.74) is 2.22. The Balaban J connectivity index is 1.54. The molecule has 0 aliphatic carbocycles. The highest BCUT2D eigenvalue weighted by molar-refractivity contribution is 6.00. The van der Waals surface area contributed by atoms with Crippen LogP contribution in [0.25, 0.3) is 11.0 Å². The molecule has 2 unspecified atom stereocenters. The van der Waals surface area contributed by atoms with E-state index in [0.717, 1.165) is 30.5 Å². The van der Waals surface area contributed by atoms with E-state index in [9.17, 15) is 24.3 Å². The number of imide groups is 1. The molecule has 2 aliphatic heterocycles. The van der Waals surface area contributed by atoms with E-state index < -0.39 is 18.0 Å². The molecule has 2 N–H and O–H groups in total. The van der Waals surface area contributed by atoms with Crippen LogP contribution in [-0.4, -0.2) is 74.2 Å². The predicted molar refractivity (Wildman–Crippen MR) is 131 cm³/mol. The number of piperazine rings is 1. The number of fused-ring (bicyclic) bond motifs is 1. The van der Waals surface area contributed by atoms with Crippen molar-refractivity contribution in [3.05, 3.63) is 34.2 Å². The first-order valence-electron chi connectivity index (χ1n) is 12.2. The van der Waals surface area contributed by atoms with Gasteiger partial charge in [-0.3, -0.25) is 28.9 Å². The molecule has 2 aliphatic rings. The summed E-state index contributed by atoms with van der Waals surface area (Å²) < 4.78 is 3.11. The van der Waals surface area contributed by atoms with Crippen molar-refractivity contribution >= 4 is 28.9 Å². The lowest BCUT2D eigenvalue weighted by Crippen LogP contribution is -2.59. The van der Waals surface area contributed by atoms with E-state index in [-0.39, 0.29) is 29.5 Å². The standard InChI is InChI=1S/C25H35N5O5/c1-25(2,3)19-15-29(24(34)35)14-13-28(19)12-6-8-16-7-5-9-17-21(16)27(4)23(33)30(17)18-10-11-20(31)26-22(18)32/h5,7,9,18-19H,6,8,10-15H2,1-4H3,(H,34,35)(H,26,31,32). The highest BCUT2D eigenvalue weighted by Gasteiger charge is 2.36. The minimum Gasteiger partial charge on any atom is -0.465 e. The fraction of sp³-hybridized carbons (Fsp3) is 0.600. The molecule has 2 aromatic rings. The average Bonchev–Trinajstić information content (AvgIpc) is 3.04. The Morgan fingerprint density at radius 3 is 2.57 bits per heavy atom. The molecule has 0 radical (unpaired) electrons. The summed E-state index contributed by atoms with van der Waals surface area (Å²) in [6, 6.07) is 5.20. The Morgan fingerprint density at radius 2 is 1.91 bits per heavy atom. The third-order valence-corrected chi connectivity index (χ3v) is 7.36. The summed E-state index contributed by atoms with van der Waals surface area (Å²) in [6.07, 6.45) is 1.26. The summed E-state index contributed by atoms with van der Waals surface area (Å²) in [7, 11) is 1.72. The third-order valence-electron chi connectivity index (χ3n) is 7.36. The number of nitrogens with zero attached hydrogens (tertiary/aromatic N) is 4. The topological polar surface area (TPSA) is 117 Å². The Bertz CT molecular complexity index is 1210. The van der Waals surface area contributed by atoms with Gasteiger partial charge in [-0.25, -0.2) is 9.59 Å². The molecule has 10 nitrogen and oxygen atoms in total. The first-order valence-corrected chi connectivity index (χ1v) is 12.2. The maximum Gasteiger partial charge on any atom is 0.407 e. The van der Waals surface area contributed by atoms with E-state index in [4.69, 9.17) is 0 Å². The number of amides is 3. The number of carbonyl (C=O) groups excluding carboxylic acids is 2. The monoisotopic (exact) mass is 485 g/mol. The fourth-order valence-electron chi connectivity index (χ4n) is 5.51. The van der Waals surface area contributed by atoms with Crippen molar-refractivity contribution in [1.82, 2.24) is 24.3 Å². The lowest BCUT2D eigenvalue weighted by Gasteiger charge is -2.46.